The van der Waals surface area contributed by atoms with Crippen molar-refractivity contribution in [3.05, 3.63) is 77.1 Å². The van der Waals surface area contributed by atoms with Crippen molar-refractivity contribution >= 4 is 29.7 Å². The number of primary amides is 1. The molecular weight excluding hydrogens is 475 g/mol. The first-order valence-electron chi connectivity index (χ1n) is 10.9. The Kier molecular flexibility index (Phi) is 8.80. The largest absolute Gasteiger partial charge is 0.391 e. The fourth-order valence-electron chi connectivity index (χ4n) is 3.99. The molecule has 4 rings (SSSR count). The number of aliphatic hydroxyl groups is 1. The second-order valence-electron chi connectivity index (χ2n) is 8.32. The van der Waals surface area contributed by atoms with E-state index in [4.69, 9.17) is 11.6 Å². The fraction of sp³-hybridized carbons (Fsp3) is 0.292. The molecule has 3 aromatic rings. The zero-order valence-corrected chi connectivity index (χ0v) is 20.2. The predicted molar refractivity (Wildman–Crippen MR) is 132 cm³/mol. The quantitative estimate of drug-likeness (QED) is 0.446. The molecule has 1 aliphatic heterocycles. The molecule has 2 heterocycles. The summed E-state index contributed by atoms with van der Waals surface area (Å²) in [6, 6.07) is 11.6. The Bertz CT molecular complexity index is 1150. The van der Waals surface area contributed by atoms with Crippen LogP contribution in [0.15, 0.2) is 54.9 Å². The van der Waals surface area contributed by atoms with Crippen LogP contribution in [0, 0.1) is 5.82 Å². The van der Waals surface area contributed by atoms with Crippen molar-refractivity contribution in [2.45, 2.75) is 25.1 Å². The second kappa shape index (κ2) is 11.8. The van der Waals surface area contributed by atoms with E-state index in [2.05, 4.69) is 10.7 Å². The van der Waals surface area contributed by atoms with E-state index in [9.17, 15) is 14.7 Å². The van der Waals surface area contributed by atoms with Crippen LogP contribution in [0.5, 0.6) is 0 Å². The number of rotatable bonds is 6. The van der Waals surface area contributed by atoms with E-state index >= 15 is 4.39 Å². The number of carbonyl (C=O) groups is 2. The number of anilines is 1. The molecule has 0 aliphatic carbocycles. The first kappa shape index (κ1) is 26.1. The number of nitrogens with zero attached hydrogens (tertiary/aromatic N) is 4. The van der Waals surface area contributed by atoms with Crippen molar-refractivity contribution in [3.8, 4) is 5.69 Å². The Labute approximate surface area is 207 Å². The molecule has 1 fully saturated rings. The number of hydrogen-bond acceptors (Lipinski definition) is 6. The number of imide groups is 1. The highest BCUT2D eigenvalue weighted by Crippen LogP contribution is 2.38. The van der Waals surface area contributed by atoms with Crippen molar-refractivity contribution in [2.75, 3.05) is 25.5 Å². The van der Waals surface area contributed by atoms with Crippen LogP contribution >= 0.6 is 11.6 Å². The maximum absolute atomic E-state index is 15.2. The molecule has 3 amide bonds. The highest BCUT2D eigenvalue weighted by molar-refractivity contribution is 6.30. The minimum atomic E-state index is -0.829. The molecule has 11 heteroatoms. The molecule has 186 valence electrons. The minimum Gasteiger partial charge on any atom is -0.391 e. The van der Waals surface area contributed by atoms with Gasteiger partial charge in [-0.2, -0.15) is 0 Å². The third-order valence-corrected chi connectivity index (χ3v) is 5.69. The molecule has 2 atom stereocenters. The van der Waals surface area contributed by atoms with Gasteiger partial charge in [-0.15, -0.1) is 0 Å². The number of carbonyl (C=O) groups excluding carboxylic acids is 2. The smallest absolute Gasteiger partial charge is 0.318 e. The number of aromatic nitrogens is 2. The Balaban J connectivity index is 0.000000509. The monoisotopic (exact) mass is 502 g/mol. The molecule has 1 aliphatic rings. The van der Waals surface area contributed by atoms with Crippen molar-refractivity contribution in [1.82, 2.24) is 19.8 Å². The van der Waals surface area contributed by atoms with E-state index in [1.807, 2.05) is 71.1 Å². The third kappa shape index (κ3) is 6.78. The summed E-state index contributed by atoms with van der Waals surface area (Å²) in [5.74, 6) is 0.561. The van der Waals surface area contributed by atoms with Gasteiger partial charge in [-0.3, -0.25) is 10.1 Å². The van der Waals surface area contributed by atoms with E-state index in [0.717, 1.165) is 17.2 Å². The number of amides is 3. The molecule has 0 radical (unpaired) electrons. The first-order valence-corrected chi connectivity index (χ1v) is 11.2. The summed E-state index contributed by atoms with van der Waals surface area (Å²) in [6.07, 6.45) is 3.76. The topological polar surface area (TPSA) is 117 Å². The van der Waals surface area contributed by atoms with Gasteiger partial charge in [0.15, 0.2) is 0 Å². The highest BCUT2D eigenvalue weighted by atomic mass is 35.5. The Hall–Kier alpha value is -3.47. The number of nitrogens with two attached hydrogens (primary N) is 1. The number of nitrogens with one attached hydrogen (secondary N) is 1. The van der Waals surface area contributed by atoms with Crippen molar-refractivity contribution in [3.63, 3.8) is 0 Å². The Morgan fingerprint density at radius 2 is 1.97 bits per heavy atom. The average Bonchev–Trinajstić information content (AvgIpc) is 3.40. The van der Waals surface area contributed by atoms with Gasteiger partial charge in [0, 0.05) is 40.9 Å². The fourth-order valence-corrected chi connectivity index (χ4v) is 4.12. The van der Waals surface area contributed by atoms with Gasteiger partial charge >= 0.3 is 6.03 Å². The highest BCUT2D eigenvalue weighted by Gasteiger charge is 2.34. The second-order valence-corrected chi connectivity index (χ2v) is 8.75. The zero-order valence-electron chi connectivity index (χ0n) is 19.4. The summed E-state index contributed by atoms with van der Waals surface area (Å²) in [4.78, 5) is 27.1. The molecule has 9 nitrogen and oxygen atoms in total. The number of imidazole rings is 1. The summed E-state index contributed by atoms with van der Waals surface area (Å²) in [6.45, 7) is 1.12. The summed E-state index contributed by atoms with van der Waals surface area (Å²) < 4.78 is 17.1. The number of β-amino-alcohol motifs (C(OH)–C–C–N with tert-alkyl or cyclic N) is 1. The van der Waals surface area contributed by atoms with Gasteiger partial charge in [0.05, 0.1) is 18.7 Å². The van der Waals surface area contributed by atoms with Crippen LogP contribution in [0.25, 0.3) is 5.69 Å². The Morgan fingerprint density at radius 1 is 1.29 bits per heavy atom. The summed E-state index contributed by atoms with van der Waals surface area (Å²) in [5.41, 5.74) is 6.65. The third-order valence-electron chi connectivity index (χ3n) is 5.43. The molecule has 35 heavy (non-hydrogen) atoms. The van der Waals surface area contributed by atoms with E-state index in [1.54, 1.807) is 17.6 Å². The molecule has 0 spiro atoms. The molecule has 2 aromatic carbocycles. The lowest BCUT2D eigenvalue weighted by Crippen LogP contribution is -2.27. The van der Waals surface area contributed by atoms with Gasteiger partial charge in [-0.05, 0) is 56.9 Å². The van der Waals surface area contributed by atoms with Crippen molar-refractivity contribution < 1.29 is 19.1 Å². The van der Waals surface area contributed by atoms with E-state index in [0.29, 0.717) is 30.1 Å². The van der Waals surface area contributed by atoms with Crippen LogP contribution in [0.3, 0.4) is 0 Å². The molecule has 1 saturated heterocycles. The number of halogens is 2. The van der Waals surface area contributed by atoms with Gasteiger partial charge in [0.2, 0.25) is 6.41 Å². The van der Waals surface area contributed by atoms with Crippen LogP contribution in [0.1, 0.15) is 23.9 Å². The number of benzene rings is 2. The summed E-state index contributed by atoms with van der Waals surface area (Å²) in [5, 5.41) is 12.6. The molecule has 1 aromatic heterocycles. The van der Waals surface area contributed by atoms with Gasteiger partial charge in [0.1, 0.15) is 11.6 Å². The maximum Gasteiger partial charge on any atom is 0.318 e. The lowest BCUT2D eigenvalue weighted by molar-refractivity contribution is -0.108. The van der Waals surface area contributed by atoms with Crippen molar-refractivity contribution in [2.24, 2.45) is 5.73 Å². The summed E-state index contributed by atoms with van der Waals surface area (Å²) >= 11 is 6.00. The molecule has 0 saturated carbocycles. The minimum absolute atomic E-state index is 0.225. The molecule has 4 N–H and O–H groups in total. The van der Waals surface area contributed by atoms with Gasteiger partial charge in [0.25, 0.3) is 0 Å². The van der Waals surface area contributed by atoms with Gasteiger partial charge < -0.3 is 25.2 Å². The van der Waals surface area contributed by atoms with Crippen LogP contribution in [-0.4, -0.2) is 58.7 Å². The Morgan fingerprint density at radius 3 is 2.54 bits per heavy atom. The van der Waals surface area contributed by atoms with Crippen LogP contribution < -0.4 is 16.0 Å². The average molecular weight is 503 g/mol. The number of urea groups is 1. The molecular formula is C24H28ClFN6O3. The lowest BCUT2D eigenvalue weighted by atomic mass is 10.0. The van der Waals surface area contributed by atoms with E-state index < -0.39 is 12.1 Å². The van der Waals surface area contributed by atoms with Gasteiger partial charge in [-0.25, -0.2) is 14.2 Å². The number of aliphatic hydroxyl groups excluding tert-OH is 1. The SMILES string of the molecule is CN(C)Cc1nccn1-c1ccc([C@H]2C[C@@H](O)CN2c2ccc(Cl)cc2)c(F)c1.NC(=O)NC=O. The van der Waals surface area contributed by atoms with Crippen molar-refractivity contribution in [1.29, 1.82) is 0 Å². The van der Waals surface area contributed by atoms with Crippen LogP contribution in [0.4, 0.5) is 14.9 Å². The molecule has 0 bridgehead atoms. The molecule has 0 unspecified atom stereocenters. The van der Waals surface area contributed by atoms with E-state index in [-0.39, 0.29) is 18.3 Å². The predicted octanol–water partition coefficient (Wildman–Crippen LogP) is 2.85. The lowest BCUT2D eigenvalue weighted by Gasteiger charge is -2.27. The summed E-state index contributed by atoms with van der Waals surface area (Å²) in [7, 11) is 3.94. The maximum atomic E-state index is 15.2. The van der Waals surface area contributed by atoms with Gasteiger partial charge in [-0.1, -0.05) is 17.7 Å². The zero-order chi connectivity index (χ0) is 25.5. The standard InChI is InChI=1S/C22H24ClFN4O.C2H4N2O2/c1-26(2)14-22-25-9-10-27(22)17-7-8-19(20(24)11-17)21-12-18(29)13-28(21)16-5-3-15(23)4-6-16;3-2(6)4-1-5/h3-11,18,21,29H,12-14H2,1-2H3;1H,(H3,3,4,5,6)/t18-,21-;/m1./s1. The van der Waals surface area contributed by atoms with Crippen LogP contribution in [0.2, 0.25) is 5.02 Å². The normalized spacial score (nSPS) is 17.1. The first-order chi connectivity index (χ1) is 16.7. The van der Waals surface area contributed by atoms with E-state index in [1.165, 1.54) is 0 Å². The number of hydrogen-bond donors (Lipinski definition) is 3. The van der Waals surface area contributed by atoms with Crippen LogP contribution in [-0.2, 0) is 11.3 Å².